The zero-order chi connectivity index (χ0) is 12.5. The monoisotopic (exact) mass is 297 g/mol. The van der Waals surface area contributed by atoms with Crippen LogP contribution in [-0.4, -0.2) is 19.8 Å². The molecular weight excluding hydrogens is 278 g/mol. The van der Waals surface area contributed by atoms with Gasteiger partial charge in [0.25, 0.3) is 0 Å². The molecule has 2 rings (SSSR count). The molecule has 0 saturated carbocycles. The second kappa shape index (κ2) is 4.71. The van der Waals surface area contributed by atoms with Gasteiger partial charge >= 0.3 is 0 Å². The van der Waals surface area contributed by atoms with Gasteiger partial charge in [0.1, 0.15) is 0 Å². The Morgan fingerprint density at radius 3 is 2.29 bits per heavy atom. The van der Waals surface area contributed by atoms with E-state index in [2.05, 4.69) is 54.0 Å². The number of nitrogens with two attached hydrogens (primary N) is 1. The molecule has 17 heavy (non-hydrogen) atoms. The number of benzene rings is 1. The van der Waals surface area contributed by atoms with E-state index in [4.69, 9.17) is 10.5 Å². The van der Waals surface area contributed by atoms with Gasteiger partial charge in [-0.05, 0) is 36.1 Å². The molecular formula is C14H20BrNO. The van der Waals surface area contributed by atoms with Crippen molar-refractivity contribution in [3.63, 3.8) is 0 Å². The molecule has 1 aliphatic rings. The minimum Gasteiger partial charge on any atom is -0.379 e. The fourth-order valence-corrected chi connectivity index (χ4v) is 2.78. The highest BCUT2D eigenvalue weighted by Crippen LogP contribution is 2.42. The van der Waals surface area contributed by atoms with Crippen molar-refractivity contribution in [1.82, 2.24) is 0 Å². The summed E-state index contributed by atoms with van der Waals surface area (Å²) in [5.41, 5.74) is 7.55. The smallest absolute Gasteiger partial charge is 0.0585 e. The first-order valence-electron chi connectivity index (χ1n) is 6.01. The summed E-state index contributed by atoms with van der Waals surface area (Å²) in [6.45, 7) is 6.80. The molecule has 0 unspecified atom stereocenters. The second-order valence-corrected chi connectivity index (χ2v) is 6.74. The number of rotatable bonds is 4. The maximum Gasteiger partial charge on any atom is 0.0585 e. The van der Waals surface area contributed by atoms with Crippen LogP contribution >= 0.6 is 15.9 Å². The molecule has 3 heteroatoms. The van der Waals surface area contributed by atoms with Crippen LogP contribution in [-0.2, 0) is 10.2 Å². The SMILES string of the molecule is CC(C)(CN)CC1(c2ccc(Br)cc2)COC1. The largest absolute Gasteiger partial charge is 0.379 e. The summed E-state index contributed by atoms with van der Waals surface area (Å²) < 4.78 is 6.58. The van der Waals surface area contributed by atoms with Crippen molar-refractivity contribution in [3.05, 3.63) is 34.3 Å². The van der Waals surface area contributed by atoms with E-state index < -0.39 is 0 Å². The maximum atomic E-state index is 5.85. The van der Waals surface area contributed by atoms with Crippen LogP contribution in [0.25, 0.3) is 0 Å². The Morgan fingerprint density at radius 1 is 1.29 bits per heavy atom. The molecule has 0 atom stereocenters. The van der Waals surface area contributed by atoms with E-state index in [1.54, 1.807) is 0 Å². The van der Waals surface area contributed by atoms with E-state index in [0.717, 1.165) is 24.1 Å². The predicted molar refractivity (Wildman–Crippen MR) is 74.1 cm³/mol. The van der Waals surface area contributed by atoms with Gasteiger partial charge in [0.05, 0.1) is 13.2 Å². The highest BCUT2D eigenvalue weighted by Gasteiger charge is 2.43. The zero-order valence-electron chi connectivity index (χ0n) is 10.5. The fraction of sp³-hybridized carbons (Fsp3) is 0.571. The second-order valence-electron chi connectivity index (χ2n) is 5.83. The van der Waals surface area contributed by atoms with Crippen LogP contribution < -0.4 is 5.73 Å². The number of hydrogen-bond acceptors (Lipinski definition) is 2. The molecule has 0 amide bonds. The fourth-order valence-electron chi connectivity index (χ4n) is 2.51. The van der Waals surface area contributed by atoms with Gasteiger partial charge < -0.3 is 10.5 Å². The quantitative estimate of drug-likeness (QED) is 0.927. The summed E-state index contributed by atoms with van der Waals surface area (Å²) in [7, 11) is 0. The summed E-state index contributed by atoms with van der Waals surface area (Å²) in [5.74, 6) is 0. The summed E-state index contributed by atoms with van der Waals surface area (Å²) >= 11 is 3.48. The Bertz CT molecular complexity index is 382. The number of halogens is 1. The van der Waals surface area contributed by atoms with Crippen molar-refractivity contribution in [2.45, 2.75) is 25.7 Å². The molecule has 1 fully saturated rings. The van der Waals surface area contributed by atoms with Crippen molar-refractivity contribution >= 4 is 15.9 Å². The average molecular weight is 298 g/mol. The predicted octanol–water partition coefficient (Wildman–Crippen LogP) is 3.09. The van der Waals surface area contributed by atoms with Crippen molar-refractivity contribution in [2.24, 2.45) is 11.1 Å². The lowest BCUT2D eigenvalue weighted by atomic mass is 9.68. The lowest BCUT2D eigenvalue weighted by Crippen LogP contribution is -2.50. The molecule has 0 aliphatic carbocycles. The van der Waals surface area contributed by atoms with Gasteiger partial charge in [0.15, 0.2) is 0 Å². The van der Waals surface area contributed by atoms with E-state index in [1.807, 2.05) is 0 Å². The molecule has 1 saturated heterocycles. The van der Waals surface area contributed by atoms with E-state index in [-0.39, 0.29) is 10.8 Å². The molecule has 1 heterocycles. The molecule has 2 N–H and O–H groups in total. The summed E-state index contributed by atoms with van der Waals surface area (Å²) in [4.78, 5) is 0. The summed E-state index contributed by atoms with van der Waals surface area (Å²) in [6, 6.07) is 8.59. The van der Waals surface area contributed by atoms with Gasteiger partial charge in [-0.1, -0.05) is 41.9 Å². The molecule has 0 bridgehead atoms. The van der Waals surface area contributed by atoms with E-state index in [0.29, 0.717) is 6.54 Å². The Labute approximate surface area is 112 Å². The van der Waals surface area contributed by atoms with E-state index in [9.17, 15) is 0 Å². The highest BCUT2D eigenvalue weighted by molar-refractivity contribution is 9.10. The molecule has 1 aromatic carbocycles. The third kappa shape index (κ3) is 2.72. The van der Waals surface area contributed by atoms with E-state index >= 15 is 0 Å². The van der Waals surface area contributed by atoms with Gasteiger partial charge in [-0.2, -0.15) is 0 Å². The Morgan fingerprint density at radius 2 is 1.88 bits per heavy atom. The standard InChI is InChI=1S/C14H20BrNO/c1-13(2,8-16)7-14(9-17-10-14)11-3-5-12(15)6-4-11/h3-6H,7-10,16H2,1-2H3. The maximum absolute atomic E-state index is 5.85. The van der Waals surface area contributed by atoms with Crippen molar-refractivity contribution in [2.75, 3.05) is 19.8 Å². The summed E-state index contributed by atoms with van der Waals surface area (Å²) in [6.07, 6.45) is 1.08. The van der Waals surface area contributed by atoms with Crippen LogP contribution in [0.1, 0.15) is 25.8 Å². The molecule has 0 radical (unpaired) electrons. The molecule has 1 aromatic rings. The van der Waals surface area contributed by atoms with Crippen LogP contribution in [0.3, 0.4) is 0 Å². The topological polar surface area (TPSA) is 35.2 Å². The lowest BCUT2D eigenvalue weighted by molar-refractivity contribution is -0.0786. The Hall–Kier alpha value is -0.380. The molecule has 1 aliphatic heterocycles. The van der Waals surface area contributed by atoms with Gasteiger partial charge in [-0.25, -0.2) is 0 Å². The van der Waals surface area contributed by atoms with Crippen molar-refractivity contribution < 1.29 is 4.74 Å². The van der Waals surface area contributed by atoms with Crippen molar-refractivity contribution in [3.8, 4) is 0 Å². The van der Waals surface area contributed by atoms with Crippen LogP contribution in [0.2, 0.25) is 0 Å². The molecule has 94 valence electrons. The third-order valence-electron chi connectivity index (χ3n) is 3.58. The van der Waals surface area contributed by atoms with Crippen LogP contribution in [0.4, 0.5) is 0 Å². The number of ether oxygens (including phenoxy) is 1. The Balaban J connectivity index is 2.23. The van der Waals surface area contributed by atoms with Gasteiger partial charge in [0.2, 0.25) is 0 Å². The van der Waals surface area contributed by atoms with Gasteiger partial charge in [-0.3, -0.25) is 0 Å². The first-order valence-corrected chi connectivity index (χ1v) is 6.81. The lowest BCUT2D eigenvalue weighted by Gasteiger charge is -2.46. The third-order valence-corrected chi connectivity index (χ3v) is 4.11. The number of hydrogen-bond donors (Lipinski definition) is 1. The molecule has 0 spiro atoms. The highest BCUT2D eigenvalue weighted by atomic mass is 79.9. The molecule has 2 nitrogen and oxygen atoms in total. The van der Waals surface area contributed by atoms with Crippen molar-refractivity contribution in [1.29, 1.82) is 0 Å². The van der Waals surface area contributed by atoms with Crippen LogP contribution in [0, 0.1) is 5.41 Å². The average Bonchev–Trinajstić information content (AvgIpc) is 2.25. The summed E-state index contributed by atoms with van der Waals surface area (Å²) in [5, 5.41) is 0. The van der Waals surface area contributed by atoms with E-state index in [1.165, 1.54) is 5.56 Å². The first kappa shape index (κ1) is 13.1. The van der Waals surface area contributed by atoms with Crippen LogP contribution in [0.15, 0.2) is 28.7 Å². The van der Waals surface area contributed by atoms with Gasteiger partial charge in [0, 0.05) is 9.89 Å². The van der Waals surface area contributed by atoms with Crippen LogP contribution in [0.5, 0.6) is 0 Å². The van der Waals surface area contributed by atoms with Gasteiger partial charge in [-0.15, -0.1) is 0 Å². The normalized spacial score (nSPS) is 18.8. The molecule has 0 aromatic heterocycles. The Kier molecular flexibility index (Phi) is 3.62. The zero-order valence-corrected chi connectivity index (χ0v) is 12.1. The first-order chi connectivity index (χ1) is 7.97. The minimum atomic E-state index is 0.164. The minimum absolute atomic E-state index is 0.164.